The van der Waals surface area contributed by atoms with E-state index in [0.29, 0.717) is 6.54 Å². The monoisotopic (exact) mass is 396 g/mol. The summed E-state index contributed by atoms with van der Waals surface area (Å²) in [7, 11) is 0. The van der Waals surface area contributed by atoms with E-state index in [-0.39, 0.29) is 11.2 Å². The fraction of sp³-hybridized carbons (Fsp3) is 0.250. The molecule has 0 fully saturated rings. The molecular weight excluding hydrogens is 376 g/mol. The number of hydrogen-bond donors (Lipinski definition) is 1. The molecule has 0 bridgehead atoms. The molecule has 0 radical (unpaired) electrons. The van der Waals surface area contributed by atoms with Crippen LogP contribution in [0.3, 0.4) is 0 Å². The maximum Gasteiger partial charge on any atom is 0.236 e. The second-order valence-corrected chi connectivity index (χ2v) is 8.97. The molecule has 2 heterocycles. The van der Waals surface area contributed by atoms with Crippen LogP contribution in [0.4, 0.5) is 10.8 Å². The summed E-state index contributed by atoms with van der Waals surface area (Å²) in [6.45, 7) is 3.41. The topological polar surface area (TPSA) is 58.1 Å². The zero-order chi connectivity index (χ0) is 18.6. The van der Waals surface area contributed by atoms with Gasteiger partial charge >= 0.3 is 0 Å². The molecule has 1 N–H and O–H groups in total. The van der Waals surface area contributed by atoms with Gasteiger partial charge in [0.25, 0.3) is 0 Å². The predicted molar refractivity (Wildman–Crippen MR) is 111 cm³/mol. The minimum Gasteiger partial charge on any atom is -0.337 e. The van der Waals surface area contributed by atoms with Crippen LogP contribution in [-0.4, -0.2) is 32.8 Å². The maximum atomic E-state index is 12.9. The third-order valence-corrected chi connectivity index (χ3v) is 6.51. The summed E-state index contributed by atoms with van der Waals surface area (Å²) in [5, 5.41) is 12.2. The first-order valence-corrected chi connectivity index (χ1v) is 10.6. The van der Waals surface area contributed by atoms with E-state index in [9.17, 15) is 4.79 Å². The molecule has 0 saturated heterocycles. The number of amides is 1. The first-order valence-electron chi connectivity index (χ1n) is 8.87. The van der Waals surface area contributed by atoms with Crippen molar-refractivity contribution in [1.82, 2.24) is 15.1 Å². The maximum absolute atomic E-state index is 12.9. The normalized spacial score (nSPS) is 14.5. The Hall–Kier alpha value is -2.38. The van der Waals surface area contributed by atoms with Crippen molar-refractivity contribution < 1.29 is 4.79 Å². The lowest BCUT2D eigenvalue weighted by molar-refractivity contribution is -0.131. The lowest BCUT2D eigenvalue weighted by Gasteiger charge is -2.30. The largest absolute Gasteiger partial charge is 0.337 e. The number of nitrogens with zero attached hydrogens (tertiary/aromatic N) is 3. The molecular formula is C20H20N4OS2. The summed E-state index contributed by atoms with van der Waals surface area (Å²) in [6, 6.07) is 18.2. The molecule has 0 spiro atoms. The Morgan fingerprint density at radius 1 is 1.11 bits per heavy atom. The summed E-state index contributed by atoms with van der Waals surface area (Å²) in [5.74, 6) is 0.155. The van der Waals surface area contributed by atoms with E-state index < -0.39 is 0 Å². The summed E-state index contributed by atoms with van der Waals surface area (Å²) in [5.41, 5.74) is 3.57. The molecule has 0 unspecified atom stereocenters. The van der Waals surface area contributed by atoms with Crippen molar-refractivity contribution in [2.45, 2.75) is 29.5 Å². The van der Waals surface area contributed by atoms with Crippen LogP contribution < -0.4 is 5.32 Å². The van der Waals surface area contributed by atoms with Crippen molar-refractivity contribution in [3.63, 3.8) is 0 Å². The number of hydrogen-bond acceptors (Lipinski definition) is 6. The standard InChI is InChI=1S/C20H20N4OS2/c1-14(18(25)24-12-11-15-7-5-6-8-16(15)13-24)26-20-23-22-19(27-20)21-17-9-3-2-4-10-17/h2-10,14H,11-13H2,1H3,(H,21,22)/t14-/m1/s1. The van der Waals surface area contributed by atoms with Gasteiger partial charge in [-0.05, 0) is 36.6 Å². The highest BCUT2D eigenvalue weighted by molar-refractivity contribution is 8.02. The van der Waals surface area contributed by atoms with Crippen molar-refractivity contribution in [1.29, 1.82) is 0 Å². The highest BCUT2D eigenvalue weighted by atomic mass is 32.2. The quantitative estimate of drug-likeness (QED) is 0.650. The van der Waals surface area contributed by atoms with Crippen LogP contribution in [0.1, 0.15) is 18.1 Å². The van der Waals surface area contributed by atoms with Gasteiger partial charge in [0, 0.05) is 18.8 Å². The van der Waals surface area contributed by atoms with Crippen LogP contribution >= 0.6 is 23.1 Å². The molecule has 3 aromatic rings. The molecule has 1 atom stereocenters. The Kier molecular flexibility index (Phi) is 5.40. The lowest BCUT2D eigenvalue weighted by atomic mass is 10.00. The van der Waals surface area contributed by atoms with Crippen molar-refractivity contribution in [2.75, 3.05) is 11.9 Å². The van der Waals surface area contributed by atoms with E-state index >= 15 is 0 Å². The summed E-state index contributed by atoms with van der Waals surface area (Å²) in [4.78, 5) is 14.8. The van der Waals surface area contributed by atoms with Crippen LogP contribution in [0, 0.1) is 0 Å². The molecule has 27 heavy (non-hydrogen) atoms. The fourth-order valence-electron chi connectivity index (χ4n) is 3.10. The van der Waals surface area contributed by atoms with Crippen molar-refractivity contribution in [3.05, 3.63) is 65.7 Å². The fourth-order valence-corrected chi connectivity index (χ4v) is 5.10. The molecule has 1 aromatic heterocycles. The Labute approximate surface area is 166 Å². The molecule has 4 rings (SSSR count). The third kappa shape index (κ3) is 4.31. The number of carbonyl (C=O) groups excluding carboxylic acids is 1. The van der Waals surface area contributed by atoms with Gasteiger partial charge in [-0.25, -0.2) is 0 Å². The predicted octanol–water partition coefficient (Wildman–Crippen LogP) is 4.35. The molecule has 1 aliphatic rings. The number of anilines is 2. The SMILES string of the molecule is C[C@@H](Sc1nnc(Nc2ccccc2)s1)C(=O)N1CCc2ccccc2C1. The highest BCUT2D eigenvalue weighted by Gasteiger charge is 2.26. The first-order chi connectivity index (χ1) is 13.2. The Morgan fingerprint density at radius 3 is 2.67 bits per heavy atom. The van der Waals surface area contributed by atoms with Gasteiger partial charge in [0.05, 0.1) is 5.25 Å². The van der Waals surface area contributed by atoms with E-state index in [1.807, 2.05) is 48.2 Å². The van der Waals surface area contributed by atoms with E-state index in [0.717, 1.165) is 28.1 Å². The van der Waals surface area contributed by atoms with Gasteiger partial charge in [0.2, 0.25) is 11.0 Å². The number of fused-ring (bicyclic) bond motifs is 1. The number of nitrogens with one attached hydrogen (secondary N) is 1. The van der Waals surface area contributed by atoms with E-state index in [1.54, 1.807) is 0 Å². The number of thioether (sulfide) groups is 1. The van der Waals surface area contributed by atoms with Gasteiger partial charge in [0.1, 0.15) is 0 Å². The van der Waals surface area contributed by atoms with E-state index in [2.05, 4.69) is 33.7 Å². The third-order valence-electron chi connectivity index (χ3n) is 4.50. The van der Waals surface area contributed by atoms with Gasteiger partial charge in [-0.3, -0.25) is 4.79 Å². The molecule has 0 aliphatic carbocycles. The average Bonchev–Trinajstić information content (AvgIpc) is 3.14. The summed E-state index contributed by atoms with van der Waals surface area (Å²) >= 11 is 2.94. The van der Waals surface area contributed by atoms with Gasteiger partial charge in [-0.1, -0.05) is 65.6 Å². The lowest BCUT2D eigenvalue weighted by Crippen LogP contribution is -2.40. The van der Waals surface area contributed by atoms with Gasteiger partial charge in [0.15, 0.2) is 4.34 Å². The number of benzene rings is 2. The summed E-state index contributed by atoms with van der Waals surface area (Å²) in [6.07, 6.45) is 0.920. The molecule has 1 aliphatic heterocycles. The Bertz CT molecular complexity index is 928. The van der Waals surface area contributed by atoms with Crippen LogP contribution in [0.5, 0.6) is 0 Å². The molecule has 2 aromatic carbocycles. The summed E-state index contributed by atoms with van der Waals surface area (Å²) < 4.78 is 0.798. The molecule has 5 nitrogen and oxygen atoms in total. The molecule has 7 heteroatoms. The van der Waals surface area contributed by atoms with Crippen LogP contribution in [0.25, 0.3) is 0 Å². The van der Waals surface area contributed by atoms with Crippen molar-refractivity contribution in [2.24, 2.45) is 0 Å². The van der Waals surface area contributed by atoms with Crippen molar-refractivity contribution in [3.8, 4) is 0 Å². The van der Waals surface area contributed by atoms with Crippen LogP contribution in [0.2, 0.25) is 0 Å². The van der Waals surface area contributed by atoms with E-state index in [4.69, 9.17) is 0 Å². The highest BCUT2D eigenvalue weighted by Crippen LogP contribution is 2.31. The minimum atomic E-state index is -0.187. The second-order valence-electron chi connectivity index (χ2n) is 6.40. The molecule has 0 saturated carbocycles. The Balaban J connectivity index is 1.36. The van der Waals surface area contributed by atoms with Gasteiger partial charge in [-0.15, -0.1) is 10.2 Å². The van der Waals surface area contributed by atoms with Gasteiger partial charge < -0.3 is 10.2 Å². The van der Waals surface area contributed by atoms with Crippen LogP contribution in [-0.2, 0) is 17.8 Å². The van der Waals surface area contributed by atoms with Crippen molar-refractivity contribution >= 4 is 39.8 Å². The number of para-hydroxylation sites is 1. The minimum absolute atomic E-state index is 0.155. The smallest absolute Gasteiger partial charge is 0.236 e. The average molecular weight is 397 g/mol. The van der Waals surface area contributed by atoms with E-state index in [1.165, 1.54) is 34.2 Å². The zero-order valence-electron chi connectivity index (χ0n) is 15.0. The second kappa shape index (κ2) is 8.10. The molecule has 138 valence electrons. The van der Waals surface area contributed by atoms with Gasteiger partial charge in [-0.2, -0.15) is 0 Å². The first kappa shape index (κ1) is 18.0. The number of carbonyl (C=O) groups is 1. The zero-order valence-corrected chi connectivity index (χ0v) is 16.6. The number of rotatable bonds is 5. The molecule has 1 amide bonds. The van der Waals surface area contributed by atoms with Crippen LogP contribution in [0.15, 0.2) is 58.9 Å². The Morgan fingerprint density at radius 2 is 1.85 bits per heavy atom. The number of aromatic nitrogens is 2.